The summed E-state index contributed by atoms with van der Waals surface area (Å²) in [7, 11) is 0. The van der Waals surface area contributed by atoms with E-state index in [1.54, 1.807) is 25.1 Å². The van der Waals surface area contributed by atoms with Gasteiger partial charge < -0.3 is 9.84 Å². The van der Waals surface area contributed by atoms with E-state index in [1.165, 1.54) is 18.2 Å². The first-order chi connectivity index (χ1) is 13.0. The maximum absolute atomic E-state index is 14.1. The van der Waals surface area contributed by atoms with Crippen molar-refractivity contribution >= 4 is 46.1 Å². The van der Waals surface area contributed by atoms with Crippen LogP contribution in [0.5, 0.6) is 0 Å². The highest BCUT2D eigenvalue weighted by Crippen LogP contribution is 2.41. The molecule has 1 aliphatic rings. The molecule has 0 unspecified atom stereocenters. The standard InChI is InChI=1S/C20H15ClFNO3S/c1-2-26-20(25)17-18(24)16(11-13-14(21)9-6-10-15(13)22)27-19(17)23-12-7-4-3-5-8-12/h3-11,24H,2H2,1H3/b16-11+,23-19?. The molecule has 1 heterocycles. The summed E-state index contributed by atoms with van der Waals surface area (Å²) >= 11 is 7.11. The van der Waals surface area contributed by atoms with E-state index in [0.717, 1.165) is 11.8 Å². The third kappa shape index (κ3) is 4.23. The maximum Gasteiger partial charge on any atom is 0.344 e. The zero-order chi connectivity index (χ0) is 19.4. The van der Waals surface area contributed by atoms with Gasteiger partial charge in [0.15, 0.2) is 0 Å². The van der Waals surface area contributed by atoms with Crippen molar-refractivity contribution in [2.24, 2.45) is 4.99 Å². The molecule has 0 bridgehead atoms. The average Bonchev–Trinajstić information content (AvgIpc) is 2.94. The number of aliphatic hydroxyl groups is 1. The Kier molecular flexibility index (Phi) is 5.98. The fourth-order valence-corrected chi connectivity index (χ4v) is 3.63. The van der Waals surface area contributed by atoms with Crippen LogP contribution < -0.4 is 0 Å². The Morgan fingerprint density at radius 1 is 1.26 bits per heavy atom. The molecule has 1 aliphatic heterocycles. The molecular formula is C20H15ClFNO3S. The fraction of sp³-hybridized carbons (Fsp3) is 0.100. The molecule has 138 valence electrons. The number of ether oxygens (including phenoxy) is 1. The van der Waals surface area contributed by atoms with Gasteiger partial charge in [0.25, 0.3) is 0 Å². The molecule has 0 aliphatic carbocycles. The van der Waals surface area contributed by atoms with Gasteiger partial charge in [0.2, 0.25) is 0 Å². The molecular weight excluding hydrogens is 389 g/mol. The van der Waals surface area contributed by atoms with Gasteiger partial charge in [0.1, 0.15) is 22.2 Å². The van der Waals surface area contributed by atoms with Gasteiger partial charge in [-0.2, -0.15) is 0 Å². The average molecular weight is 404 g/mol. The smallest absolute Gasteiger partial charge is 0.344 e. The molecule has 0 spiro atoms. The van der Waals surface area contributed by atoms with Crippen LogP contribution in [-0.2, 0) is 9.53 Å². The lowest BCUT2D eigenvalue weighted by molar-refractivity contribution is -0.138. The first-order valence-corrected chi connectivity index (χ1v) is 9.29. The Morgan fingerprint density at radius 2 is 2.00 bits per heavy atom. The number of rotatable bonds is 4. The predicted molar refractivity (Wildman–Crippen MR) is 107 cm³/mol. The van der Waals surface area contributed by atoms with Gasteiger partial charge in [0, 0.05) is 5.56 Å². The van der Waals surface area contributed by atoms with Gasteiger partial charge >= 0.3 is 5.97 Å². The topological polar surface area (TPSA) is 58.9 Å². The van der Waals surface area contributed by atoms with Crippen LogP contribution in [0, 0.1) is 5.82 Å². The minimum atomic E-state index is -0.694. The summed E-state index contributed by atoms with van der Waals surface area (Å²) in [5, 5.41) is 11.1. The summed E-state index contributed by atoms with van der Waals surface area (Å²) in [5.74, 6) is -1.54. The fourth-order valence-electron chi connectivity index (χ4n) is 2.39. The van der Waals surface area contributed by atoms with E-state index in [9.17, 15) is 14.3 Å². The number of hydrogen-bond donors (Lipinski definition) is 1. The molecule has 0 aromatic heterocycles. The number of para-hydroxylation sites is 1. The van der Waals surface area contributed by atoms with Crippen LogP contribution in [0.2, 0.25) is 5.02 Å². The van der Waals surface area contributed by atoms with Gasteiger partial charge in [-0.15, -0.1) is 0 Å². The molecule has 0 saturated heterocycles. The van der Waals surface area contributed by atoms with Gasteiger partial charge in [-0.05, 0) is 37.3 Å². The van der Waals surface area contributed by atoms with Crippen molar-refractivity contribution in [1.82, 2.24) is 0 Å². The molecule has 0 radical (unpaired) electrons. The normalized spacial score (nSPS) is 17.0. The molecule has 0 fully saturated rings. The van der Waals surface area contributed by atoms with Crippen molar-refractivity contribution in [1.29, 1.82) is 0 Å². The highest BCUT2D eigenvalue weighted by molar-refractivity contribution is 8.18. The minimum absolute atomic E-state index is 0.0515. The van der Waals surface area contributed by atoms with Crippen molar-refractivity contribution in [3.8, 4) is 0 Å². The van der Waals surface area contributed by atoms with Crippen LogP contribution in [0.1, 0.15) is 12.5 Å². The number of carbonyl (C=O) groups is 1. The van der Waals surface area contributed by atoms with Crippen LogP contribution in [0.25, 0.3) is 6.08 Å². The van der Waals surface area contributed by atoms with E-state index in [-0.39, 0.29) is 38.5 Å². The van der Waals surface area contributed by atoms with E-state index in [1.807, 2.05) is 18.2 Å². The lowest BCUT2D eigenvalue weighted by atomic mass is 10.1. The molecule has 7 heteroatoms. The maximum atomic E-state index is 14.1. The third-order valence-corrected chi connectivity index (χ3v) is 4.98. The molecule has 4 nitrogen and oxygen atoms in total. The van der Waals surface area contributed by atoms with Crippen molar-refractivity contribution < 1.29 is 19.0 Å². The summed E-state index contributed by atoms with van der Waals surface area (Å²) < 4.78 is 19.1. The Hall–Kier alpha value is -2.57. The number of aliphatic hydroxyl groups excluding tert-OH is 1. The van der Waals surface area contributed by atoms with Crippen LogP contribution in [0.4, 0.5) is 10.1 Å². The predicted octanol–water partition coefficient (Wildman–Crippen LogP) is 5.67. The van der Waals surface area contributed by atoms with Crippen LogP contribution in [-0.4, -0.2) is 22.7 Å². The van der Waals surface area contributed by atoms with Crippen molar-refractivity contribution in [2.75, 3.05) is 6.61 Å². The van der Waals surface area contributed by atoms with E-state index in [0.29, 0.717) is 5.69 Å². The number of esters is 1. The molecule has 3 rings (SSSR count). The van der Waals surface area contributed by atoms with E-state index in [4.69, 9.17) is 16.3 Å². The van der Waals surface area contributed by atoms with Crippen LogP contribution >= 0.6 is 23.4 Å². The van der Waals surface area contributed by atoms with Crippen molar-refractivity contribution in [3.05, 3.63) is 81.2 Å². The largest absolute Gasteiger partial charge is 0.506 e. The number of thioether (sulfide) groups is 1. The Labute approximate surface area is 165 Å². The van der Waals surface area contributed by atoms with Gasteiger partial charge in [-0.25, -0.2) is 14.2 Å². The van der Waals surface area contributed by atoms with Crippen LogP contribution in [0.15, 0.2) is 69.8 Å². The van der Waals surface area contributed by atoms with E-state index in [2.05, 4.69) is 4.99 Å². The van der Waals surface area contributed by atoms with Crippen molar-refractivity contribution in [3.63, 3.8) is 0 Å². The zero-order valence-corrected chi connectivity index (χ0v) is 15.9. The number of carbonyl (C=O) groups excluding carboxylic acids is 1. The molecule has 0 amide bonds. The number of aliphatic imine (C=N–C) groups is 1. The zero-order valence-electron chi connectivity index (χ0n) is 14.3. The molecule has 0 saturated carbocycles. The van der Waals surface area contributed by atoms with Crippen LogP contribution in [0.3, 0.4) is 0 Å². The highest BCUT2D eigenvalue weighted by Gasteiger charge is 2.33. The number of halogens is 2. The lowest BCUT2D eigenvalue weighted by Gasteiger charge is -2.03. The number of nitrogens with zero attached hydrogens (tertiary/aromatic N) is 1. The summed E-state index contributed by atoms with van der Waals surface area (Å²) in [6.45, 7) is 1.82. The second-order valence-corrected chi connectivity index (χ2v) is 6.88. The second-order valence-electron chi connectivity index (χ2n) is 5.44. The molecule has 0 atom stereocenters. The quantitative estimate of drug-likeness (QED) is 0.668. The SMILES string of the molecule is CCOC(=O)C1=C(O)/C(=C\c2c(F)cccc2Cl)SC1=Nc1ccccc1. The summed E-state index contributed by atoms with van der Waals surface area (Å²) in [4.78, 5) is 17.0. The van der Waals surface area contributed by atoms with Gasteiger partial charge in [0.05, 0.1) is 22.2 Å². The Morgan fingerprint density at radius 3 is 2.67 bits per heavy atom. The second kappa shape index (κ2) is 8.41. The Bertz CT molecular complexity index is 950. The van der Waals surface area contributed by atoms with Crippen molar-refractivity contribution in [2.45, 2.75) is 6.92 Å². The molecule has 2 aromatic carbocycles. The molecule has 2 aromatic rings. The van der Waals surface area contributed by atoms with E-state index >= 15 is 0 Å². The summed E-state index contributed by atoms with van der Waals surface area (Å²) in [6, 6.07) is 13.3. The first-order valence-electron chi connectivity index (χ1n) is 8.09. The summed E-state index contributed by atoms with van der Waals surface area (Å²) in [6.07, 6.45) is 1.39. The number of benzene rings is 2. The number of hydrogen-bond acceptors (Lipinski definition) is 5. The first kappa shape index (κ1) is 19.2. The lowest BCUT2D eigenvalue weighted by Crippen LogP contribution is -2.12. The minimum Gasteiger partial charge on any atom is -0.506 e. The van der Waals surface area contributed by atoms with E-state index < -0.39 is 11.8 Å². The molecule has 27 heavy (non-hydrogen) atoms. The highest BCUT2D eigenvalue weighted by atomic mass is 35.5. The third-order valence-electron chi connectivity index (χ3n) is 3.63. The molecule has 1 N–H and O–H groups in total. The van der Waals surface area contributed by atoms with Gasteiger partial charge in [-0.3, -0.25) is 0 Å². The van der Waals surface area contributed by atoms with Gasteiger partial charge in [-0.1, -0.05) is 47.6 Å². The Balaban J connectivity index is 2.09. The monoisotopic (exact) mass is 403 g/mol. The summed E-state index contributed by atoms with van der Waals surface area (Å²) in [5.41, 5.74) is 0.682.